The van der Waals surface area contributed by atoms with Gasteiger partial charge in [0.05, 0.1) is 0 Å². The van der Waals surface area contributed by atoms with Crippen LogP contribution in [0.2, 0.25) is 0 Å². The minimum Gasteiger partial charge on any atom is -0.404 e. The molecule has 0 aromatic rings. The average molecular weight is 190 g/mol. The largest absolute Gasteiger partial charge is 0.404 e. The van der Waals surface area contributed by atoms with Crippen LogP contribution in [-0.4, -0.2) is 11.6 Å². The van der Waals surface area contributed by atoms with Crippen LogP contribution in [0.3, 0.4) is 0 Å². The van der Waals surface area contributed by atoms with Gasteiger partial charge in [-0.25, -0.2) is 0 Å². The van der Waals surface area contributed by atoms with Crippen LogP contribution in [0, 0.1) is 0 Å². The maximum Gasteiger partial charge on any atom is 0.151 e. The molecule has 0 heterocycles. The van der Waals surface area contributed by atoms with Gasteiger partial charge in [0.1, 0.15) is 0 Å². The zero-order chi connectivity index (χ0) is 7.11. The van der Waals surface area contributed by atoms with Crippen molar-refractivity contribution in [2.45, 2.75) is 0 Å². The third kappa shape index (κ3) is 3.97. The summed E-state index contributed by atoms with van der Waals surface area (Å²) in [6.45, 7) is 0. The second-order valence-corrected chi connectivity index (χ2v) is 1.99. The van der Waals surface area contributed by atoms with Crippen LogP contribution in [0.15, 0.2) is 23.9 Å². The number of aldehydes is 1. The molecule has 0 unspecified atom stereocenters. The standard InChI is InChI=1S/C6H8BrNO/c7-3-1-2-6(4-8)5-9/h1-2,4-5H,3,8H2/b2-1-,6-4+. The Hall–Kier alpha value is -0.570. The highest BCUT2D eigenvalue weighted by atomic mass is 79.9. The van der Waals surface area contributed by atoms with Crippen molar-refractivity contribution in [3.63, 3.8) is 0 Å². The zero-order valence-corrected chi connectivity index (χ0v) is 6.47. The maximum absolute atomic E-state index is 10.0. The average Bonchev–Trinajstić information content (AvgIpc) is 1.91. The van der Waals surface area contributed by atoms with Gasteiger partial charge in [-0.1, -0.05) is 28.1 Å². The highest BCUT2D eigenvalue weighted by molar-refractivity contribution is 9.09. The van der Waals surface area contributed by atoms with Gasteiger partial charge in [-0.3, -0.25) is 4.79 Å². The monoisotopic (exact) mass is 189 g/mol. The van der Waals surface area contributed by atoms with Crippen LogP contribution in [0.4, 0.5) is 0 Å². The van der Waals surface area contributed by atoms with E-state index in [1.807, 2.05) is 0 Å². The fourth-order valence-corrected chi connectivity index (χ4v) is 0.502. The number of hydrogen-bond acceptors (Lipinski definition) is 2. The Balaban J connectivity index is 3.84. The van der Waals surface area contributed by atoms with Crippen LogP contribution in [-0.2, 0) is 4.79 Å². The van der Waals surface area contributed by atoms with Crippen LogP contribution < -0.4 is 5.73 Å². The minimum absolute atomic E-state index is 0.495. The normalized spacial score (nSPS) is 12.3. The molecule has 2 N–H and O–H groups in total. The predicted octanol–water partition coefficient (Wildman–Crippen LogP) is 0.979. The first-order chi connectivity index (χ1) is 4.35. The fraction of sp³-hybridized carbons (Fsp3) is 0.167. The molecule has 0 atom stereocenters. The van der Waals surface area contributed by atoms with Gasteiger partial charge in [-0.15, -0.1) is 0 Å². The van der Waals surface area contributed by atoms with E-state index in [1.54, 1.807) is 12.2 Å². The van der Waals surface area contributed by atoms with Crippen molar-refractivity contribution >= 4 is 22.2 Å². The lowest BCUT2D eigenvalue weighted by atomic mass is 10.3. The topological polar surface area (TPSA) is 43.1 Å². The van der Waals surface area contributed by atoms with E-state index in [0.29, 0.717) is 11.9 Å². The molecule has 0 spiro atoms. The highest BCUT2D eigenvalue weighted by Gasteiger charge is 1.82. The lowest BCUT2D eigenvalue weighted by Gasteiger charge is -1.82. The van der Waals surface area contributed by atoms with Crippen molar-refractivity contribution in [2.24, 2.45) is 5.73 Å². The summed E-state index contributed by atoms with van der Waals surface area (Å²) in [5.74, 6) is 0. The Morgan fingerprint density at radius 1 is 1.67 bits per heavy atom. The SMILES string of the molecule is N/C=C(C=O)\C=C/CBr. The van der Waals surface area contributed by atoms with E-state index in [4.69, 9.17) is 5.73 Å². The van der Waals surface area contributed by atoms with E-state index in [9.17, 15) is 4.79 Å². The van der Waals surface area contributed by atoms with Crippen LogP contribution in [0.1, 0.15) is 0 Å². The van der Waals surface area contributed by atoms with Crippen molar-refractivity contribution in [1.29, 1.82) is 0 Å². The van der Waals surface area contributed by atoms with E-state index >= 15 is 0 Å². The molecule has 0 fully saturated rings. The molecular weight excluding hydrogens is 182 g/mol. The summed E-state index contributed by atoms with van der Waals surface area (Å²) >= 11 is 3.17. The quantitative estimate of drug-likeness (QED) is 0.312. The van der Waals surface area contributed by atoms with Crippen LogP contribution in [0.25, 0.3) is 0 Å². The van der Waals surface area contributed by atoms with E-state index < -0.39 is 0 Å². The summed E-state index contributed by atoms with van der Waals surface area (Å²) < 4.78 is 0. The van der Waals surface area contributed by atoms with Crippen molar-refractivity contribution in [3.05, 3.63) is 23.9 Å². The number of carbonyl (C=O) groups excluding carboxylic acids is 1. The first-order valence-corrected chi connectivity index (χ1v) is 3.57. The molecule has 0 bridgehead atoms. The summed E-state index contributed by atoms with van der Waals surface area (Å²) in [7, 11) is 0. The number of carbonyl (C=O) groups is 1. The number of alkyl halides is 1. The summed E-state index contributed by atoms with van der Waals surface area (Å²) in [6, 6.07) is 0. The summed E-state index contributed by atoms with van der Waals surface area (Å²) in [5, 5.41) is 0.734. The summed E-state index contributed by atoms with van der Waals surface area (Å²) in [4.78, 5) is 10.0. The van der Waals surface area contributed by atoms with E-state index in [2.05, 4.69) is 15.9 Å². The second-order valence-electron chi connectivity index (χ2n) is 1.34. The lowest BCUT2D eigenvalue weighted by Crippen LogP contribution is -1.86. The molecule has 3 heteroatoms. The first-order valence-electron chi connectivity index (χ1n) is 2.44. The molecule has 0 saturated heterocycles. The molecule has 9 heavy (non-hydrogen) atoms. The molecule has 0 radical (unpaired) electrons. The van der Waals surface area contributed by atoms with Crippen molar-refractivity contribution in [3.8, 4) is 0 Å². The van der Waals surface area contributed by atoms with Gasteiger partial charge in [0.15, 0.2) is 6.29 Å². The molecule has 0 aromatic heterocycles. The molecule has 0 aliphatic carbocycles. The molecule has 0 aliphatic rings. The smallest absolute Gasteiger partial charge is 0.151 e. The van der Waals surface area contributed by atoms with E-state index in [0.717, 1.165) is 5.33 Å². The first kappa shape index (κ1) is 8.43. The van der Waals surface area contributed by atoms with E-state index in [-0.39, 0.29) is 0 Å². The van der Waals surface area contributed by atoms with Gasteiger partial charge in [0.2, 0.25) is 0 Å². The molecule has 0 aliphatic heterocycles. The fourth-order valence-electron chi connectivity index (χ4n) is 0.315. The molecule has 0 amide bonds. The maximum atomic E-state index is 10.0. The van der Waals surface area contributed by atoms with E-state index in [1.165, 1.54) is 6.20 Å². The zero-order valence-electron chi connectivity index (χ0n) is 4.88. The number of halogens is 1. The number of allylic oxidation sites excluding steroid dienone is 3. The molecular formula is C6H8BrNO. The number of hydrogen-bond donors (Lipinski definition) is 1. The number of nitrogens with two attached hydrogens (primary N) is 1. The van der Waals surface area contributed by atoms with Gasteiger partial charge in [-0.05, 0) is 0 Å². The summed E-state index contributed by atoms with van der Waals surface area (Å²) in [6.07, 6.45) is 5.43. The number of rotatable bonds is 3. The molecule has 0 rings (SSSR count). The van der Waals surface area contributed by atoms with Gasteiger partial charge in [-0.2, -0.15) is 0 Å². The minimum atomic E-state index is 0.495. The Kier molecular flexibility index (Phi) is 5.21. The Morgan fingerprint density at radius 2 is 2.33 bits per heavy atom. The predicted molar refractivity (Wildman–Crippen MR) is 41.3 cm³/mol. The van der Waals surface area contributed by atoms with Gasteiger partial charge in [0, 0.05) is 17.1 Å². The lowest BCUT2D eigenvalue weighted by molar-refractivity contribution is -0.104. The third-order valence-electron chi connectivity index (χ3n) is 0.728. The Morgan fingerprint density at radius 3 is 2.67 bits per heavy atom. The van der Waals surface area contributed by atoms with Crippen molar-refractivity contribution in [1.82, 2.24) is 0 Å². The van der Waals surface area contributed by atoms with Crippen LogP contribution in [0.5, 0.6) is 0 Å². The van der Waals surface area contributed by atoms with Gasteiger partial charge >= 0.3 is 0 Å². The van der Waals surface area contributed by atoms with Crippen LogP contribution >= 0.6 is 15.9 Å². The van der Waals surface area contributed by atoms with Crippen molar-refractivity contribution in [2.75, 3.05) is 5.33 Å². The molecule has 0 saturated carbocycles. The highest BCUT2D eigenvalue weighted by Crippen LogP contribution is 1.90. The Labute approximate surface area is 62.6 Å². The van der Waals surface area contributed by atoms with Gasteiger partial charge in [0.25, 0.3) is 0 Å². The molecule has 50 valence electrons. The third-order valence-corrected chi connectivity index (χ3v) is 1.10. The molecule has 0 aromatic carbocycles. The second kappa shape index (κ2) is 5.56. The van der Waals surface area contributed by atoms with Crippen molar-refractivity contribution < 1.29 is 4.79 Å². The Bertz CT molecular complexity index is 140. The van der Waals surface area contributed by atoms with Gasteiger partial charge < -0.3 is 5.73 Å². The summed E-state index contributed by atoms with van der Waals surface area (Å²) in [5.41, 5.74) is 5.56. The molecule has 2 nitrogen and oxygen atoms in total.